The number of hydrogen-bond donors (Lipinski definition) is 5. The number of esters is 1. The van der Waals surface area contributed by atoms with E-state index in [1.54, 1.807) is 14.0 Å². The zero-order valence-corrected chi connectivity index (χ0v) is 36.4. The standard InChI is InChI=1S/C48H66N6O6/c1-7-45(4)27-31-23-33(24-32(15-20-53(28-31)29-45)34-13-9-10-14-37(34)50)35-25-36-38(26-39(35)59-6)52(5)42-47(36)17-21-54-19-11-16-46(8-2,41(47)54)43(56)48(42,58)44(57)51-18-12-22-60-40(55)30(3)49/h9-11,13-14,16,25-26,30-31,41-43,56,58H,7-8,12,15,17-23,27-29,49-50H2,1-6H3,(H,51,57)/t24?,30?,31-,41?,42?,43+,45?,46+,47+,48-/m0/s1. The second-order valence-corrected chi connectivity index (χ2v) is 19.0. The van der Waals surface area contributed by atoms with Gasteiger partial charge in [-0.3, -0.25) is 14.5 Å². The van der Waals surface area contributed by atoms with Gasteiger partial charge in [0.05, 0.1) is 19.8 Å². The molecule has 0 aromatic heterocycles. The van der Waals surface area contributed by atoms with E-state index in [-0.39, 0.29) is 24.6 Å². The Bertz CT molecular complexity index is 2110. The Labute approximate surface area is 355 Å². The maximum atomic E-state index is 14.7. The van der Waals surface area contributed by atoms with Crippen LogP contribution in [0.5, 0.6) is 5.75 Å². The van der Waals surface area contributed by atoms with Crippen LogP contribution in [0.25, 0.3) is 11.1 Å². The topological polar surface area (TPSA) is 167 Å². The molecular formula is C48H66N6O6. The minimum Gasteiger partial charge on any atom is -0.496 e. The third-order valence-electron chi connectivity index (χ3n) is 15.4. The highest BCUT2D eigenvalue weighted by atomic mass is 16.5. The molecule has 12 nitrogen and oxygen atoms in total. The number of aliphatic hydroxyl groups excluding tert-OH is 1. The molecule has 324 valence electrons. The van der Waals surface area contributed by atoms with E-state index < -0.39 is 46.5 Å². The van der Waals surface area contributed by atoms with Gasteiger partial charge in [-0.1, -0.05) is 51.1 Å². The summed E-state index contributed by atoms with van der Waals surface area (Å²) in [7, 11) is 3.65. The van der Waals surface area contributed by atoms with Crippen LogP contribution < -0.4 is 26.4 Å². The van der Waals surface area contributed by atoms with E-state index in [9.17, 15) is 19.8 Å². The first-order valence-electron chi connectivity index (χ1n) is 22.2. The lowest BCUT2D eigenvalue weighted by atomic mass is 9.47. The van der Waals surface area contributed by atoms with Crippen LogP contribution in [0.1, 0.15) is 89.3 Å². The summed E-state index contributed by atoms with van der Waals surface area (Å²) in [5.41, 5.74) is 19.5. The molecule has 6 aliphatic rings. The van der Waals surface area contributed by atoms with Crippen LogP contribution >= 0.6 is 0 Å². The largest absolute Gasteiger partial charge is 0.496 e. The van der Waals surface area contributed by atoms with E-state index in [2.05, 4.69) is 72.0 Å². The van der Waals surface area contributed by atoms with Crippen LogP contribution in [0.2, 0.25) is 0 Å². The number of ether oxygens (including phenoxy) is 2. The number of nitrogens with zero attached hydrogens (tertiary/aromatic N) is 3. The Morgan fingerprint density at radius 2 is 1.88 bits per heavy atom. The normalized spacial score (nSPS) is 34.8. The fourth-order valence-electron chi connectivity index (χ4n) is 12.6. The summed E-state index contributed by atoms with van der Waals surface area (Å²) in [5, 5.41) is 28.9. The minimum atomic E-state index is -2.21. The van der Waals surface area contributed by atoms with Crippen LogP contribution in [-0.4, -0.2) is 122 Å². The number of hydrogen-bond acceptors (Lipinski definition) is 11. The van der Waals surface area contributed by atoms with Crippen molar-refractivity contribution in [1.82, 2.24) is 15.1 Å². The highest BCUT2D eigenvalue weighted by Crippen LogP contribution is 2.67. The number of nitrogens with one attached hydrogen (secondary N) is 1. The number of piperidine rings is 1. The number of anilines is 2. The SMILES string of the molecule is CCC1(C)C[C@@H]2CC(c3cc4c(cc3OC)N(C)C3[C@]45CCN4CC=C[C@](CC)(C45)[C@@H](O)[C@]3(O)C(=O)NCCCOC(=O)C(C)N)=C=C(c3ccccc3N)CC[N@@](C2)C1. The summed E-state index contributed by atoms with van der Waals surface area (Å²) in [5.74, 6) is -0.0402. The van der Waals surface area contributed by atoms with Gasteiger partial charge in [0, 0.05) is 96.4 Å². The van der Waals surface area contributed by atoms with Crippen LogP contribution in [0.15, 0.2) is 54.3 Å². The third-order valence-corrected chi connectivity index (χ3v) is 15.4. The van der Waals surface area contributed by atoms with Gasteiger partial charge in [0.2, 0.25) is 0 Å². The number of likely N-dealkylation sites (N-methyl/N-ethyl adjacent to an activating group) is 1. The molecule has 2 aromatic rings. The summed E-state index contributed by atoms with van der Waals surface area (Å²) >= 11 is 0. The third kappa shape index (κ3) is 6.61. The summed E-state index contributed by atoms with van der Waals surface area (Å²) in [6, 6.07) is 10.7. The van der Waals surface area contributed by atoms with E-state index in [1.165, 1.54) is 0 Å². The van der Waals surface area contributed by atoms with Crippen molar-refractivity contribution in [3.8, 4) is 5.75 Å². The Morgan fingerprint density at radius 1 is 1.10 bits per heavy atom. The molecule has 3 fully saturated rings. The Morgan fingerprint density at radius 3 is 2.60 bits per heavy atom. The van der Waals surface area contributed by atoms with Crippen molar-refractivity contribution >= 4 is 34.4 Å². The summed E-state index contributed by atoms with van der Waals surface area (Å²) in [4.78, 5) is 33.8. The molecule has 2 aromatic carbocycles. The van der Waals surface area contributed by atoms with Crippen molar-refractivity contribution < 1.29 is 29.3 Å². The molecule has 2 saturated heterocycles. The molecule has 12 heteroatoms. The van der Waals surface area contributed by atoms with Crippen LogP contribution in [0, 0.1) is 16.7 Å². The van der Waals surface area contributed by atoms with Crippen molar-refractivity contribution in [2.24, 2.45) is 22.5 Å². The van der Waals surface area contributed by atoms with Gasteiger partial charge in [0.15, 0.2) is 5.60 Å². The lowest BCUT2D eigenvalue weighted by Gasteiger charge is -2.63. The Kier molecular flexibility index (Phi) is 11.3. The van der Waals surface area contributed by atoms with Gasteiger partial charge in [-0.05, 0) is 87.4 Å². The highest BCUT2D eigenvalue weighted by Gasteiger charge is 2.78. The molecule has 5 aliphatic heterocycles. The Hall–Kier alpha value is -4.16. The van der Waals surface area contributed by atoms with Crippen molar-refractivity contribution in [2.45, 2.75) is 108 Å². The number of para-hydroxylation sites is 1. The van der Waals surface area contributed by atoms with E-state index in [0.717, 1.165) is 97.6 Å². The van der Waals surface area contributed by atoms with Crippen molar-refractivity contribution in [1.29, 1.82) is 0 Å². The predicted molar refractivity (Wildman–Crippen MR) is 235 cm³/mol. The monoisotopic (exact) mass is 823 g/mol. The molecule has 8 rings (SSSR count). The average Bonchev–Trinajstić information content (AvgIpc) is 3.76. The molecule has 1 saturated carbocycles. The zero-order valence-electron chi connectivity index (χ0n) is 36.4. The van der Waals surface area contributed by atoms with Gasteiger partial charge >= 0.3 is 5.97 Å². The predicted octanol–water partition coefficient (Wildman–Crippen LogP) is 4.47. The first-order valence-corrected chi connectivity index (χ1v) is 22.2. The van der Waals surface area contributed by atoms with Gasteiger partial charge in [-0.2, -0.15) is 0 Å². The molecule has 1 amide bonds. The van der Waals surface area contributed by atoms with Gasteiger partial charge in [0.1, 0.15) is 17.9 Å². The van der Waals surface area contributed by atoms with Crippen LogP contribution in [-0.2, 0) is 19.7 Å². The number of carbonyl (C=O) groups excluding carboxylic acids is 2. The van der Waals surface area contributed by atoms with E-state index in [1.807, 2.05) is 30.1 Å². The summed E-state index contributed by atoms with van der Waals surface area (Å²) in [6.45, 7) is 13.1. The maximum Gasteiger partial charge on any atom is 0.322 e. The average molecular weight is 823 g/mol. The quantitative estimate of drug-likeness (QED) is 0.0714. The molecule has 7 N–H and O–H groups in total. The molecule has 0 radical (unpaired) electrons. The smallest absolute Gasteiger partial charge is 0.322 e. The maximum absolute atomic E-state index is 14.7. The van der Waals surface area contributed by atoms with E-state index in [4.69, 9.17) is 20.9 Å². The minimum absolute atomic E-state index is 0.0705. The molecule has 2 bridgehead atoms. The number of rotatable bonds is 11. The number of amides is 1. The van der Waals surface area contributed by atoms with Gasteiger partial charge < -0.3 is 46.3 Å². The molecule has 10 atom stereocenters. The van der Waals surface area contributed by atoms with Crippen molar-refractivity contribution in [2.75, 3.05) is 70.7 Å². The second kappa shape index (κ2) is 15.9. The first-order chi connectivity index (χ1) is 28.7. The number of benzene rings is 2. The number of carbonyl (C=O) groups is 2. The first kappa shape index (κ1) is 42.5. The molecule has 1 spiro atoms. The molecule has 4 unspecified atom stereocenters. The fraction of sp³-hybridized carbons (Fsp3) is 0.604. The van der Waals surface area contributed by atoms with E-state index in [0.29, 0.717) is 30.9 Å². The van der Waals surface area contributed by atoms with Crippen LogP contribution in [0.4, 0.5) is 11.4 Å². The number of nitrogen functional groups attached to an aromatic ring is 1. The molecular weight excluding hydrogens is 757 g/mol. The van der Waals surface area contributed by atoms with Crippen molar-refractivity contribution in [3.05, 3.63) is 71.0 Å². The number of fused-ring (bicyclic) bond motifs is 3. The summed E-state index contributed by atoms with van der Waals surface area (Å²) in [6.07, 6.45) is 8.15. The lowest BCUT2D eigenvalue weighted by Crippen LogP contribution is -2.81. The Balaban J connectivity index is 1.28. The highest BCUT2D eigenvalue weighted by molar-refractivity contribution is 5.91. The lowest BCUT2D eigenvalue weighted by molar-refractivity contribution is -0.203. The molecule has 60 heavy (non-hydrogen) atoms. The number of methoxy groups -OCH3 is 1. The van der Waals surface area contributed by atoms with Gasteiger partial charge in [-0.25, -0.2) is 0 Å². The number of aliphatic hydroxyl groups is 2. The fourth-order valence-corrected chi connectivity index (χ4v) is 12.6. The van der Waals surface area contributed by atoms with Gasteiger partial charge in [-0.15, -0.1) is 5.73 Å². The number of nitrogens with two attached hydrogens (primary N) is 2. The van der Waals surface area contributed by atoms with Crippen LogP contribution in [0.3, 0.4) is 0 Å². The van der Waals surface area contributed by atoms with Crippen molar-refractivity contribution in [3.63, 3.8) is 0 Å². The molecule has 1 aliphatic carbocycles. The second-order valence-electron chi connectivity index (χ2n) is 19.0. The van der Waals surface area contributed by atoms with E-state index >= 15 is 0 Å². The summed E-state index contributed by atoms with van der Waals surface area (Å²) < 4.78 is 11.6. The van der Waals surface area contributed by atoms with Gasteiger partial charge in [0.25, 0.3) is 5.91 Å². The zero-order chi connectivity index (χ0) is 42.8. The molecule has 5 heterocycles.